The van der Waals surface area contributed by atoms with Gasteiger partial charge in [0, 0.05) is 48.9 Å². The molecule has 1 aromatic carbocycles. The highest BCUT2D eigenvalue weighted by Crippen LogP contribution is 2.27. The molecule has 0 atom stereocenters. The number of benzene rings is 1. The summed E-state index contributed by atoms with van der Waals surface area (Å²) in [4.78, 5) is 14.6. The van der Waals surface area contributed by atoms with Gasteiger partial charge in [-0.05, 0) is 30.9 Å². The molecule has 3 aromatic heterocycles. The standard InChI is InChI=1S/C21H21N7O/c29-20-7-6-19(27-11-3-10-23-27)25-28(20)15-16-8-12-26(13-9-16)21-18-5-2-1-4-17(18)14-22-24-21/h1-7,10-11,14,16H,8-9,12-13,15H2. The van der Waals surface area contributed by atoms with Gasteiger partial charge in [-0.2, -0.15) is 10.2 Å². The van der Waals surface area contributed by atoms with Crippen LogP contribution in [0.4, 0.5) is 5.82 Å². The van der Waals surface area contributed by atoms with Crippen molar-refractivity contribution in [3.63, 3.8) is 0 Å². The molecule has 1 aliphatic heterocycles. The van der Waals surface area contributed by atoms with E-state index in [0.717, 1.165) is 42.5 Å². The summed E-state index contributed by atoms with van der Waals surface area (Å²) in [6.45, 7) is 2.39. The van der Waals surface area contributed by atoms with Gasteiger partial charge in [0.1, 0.15) is 0 Å². The van der Waals surface area contributed by atoms with E-state index in [1.54, 1.807) is 33.9 Å². The first-order chi connectivity index (χ1) is 14.3. The van der Waals surface area contributed by atoms with Crippen molar-refractivity contribution in [2.75, 3.05) is 18.0 Å². The fourth-order valence-corrected chi connectivity index (χ4v) is 3.91. The van der Waals surface area contributed by atoms with E-state index in [-0.39, 0.29) is 5.56 Å². The van der Waals surface area contributed by atoms with Crippen molar-refractivity contribution in [2.45, 2.75) is 19.4 Å². The molecule has 146 valence electrons. The molecule has 1 saturated heterocycles. The molecule has 29 heavy (non-hydrogen) atoms. The lowest BCUT2D eigenvalue weighted by atomic mass is 9.96. The lowest BCUT2D eigenvalue weighted by Gasteiger charge is -2.33. The largest absolute Gasteiger partial charge is 0.355 e. The third-order valence-corrected chi connectivity index (χ3v) is 5.49. The van der Waals surface area contributed by atoms with Crippen molar-refractivity contribution < 1.29 is 0 Å². The van der Waals surface area contributed by atoms with E-state index in [1.807, 2.05) is 24.4 Å². The lowest BCUT2D eigenvalue weighted by Crippen LogP contribution is -2.37. The van der Waals surface area contributed by atoms with Crippen LogP contribution in [0, 0.1) is 5.92 Å². The average molecular weight is 387 g/mol. The van der Waals surface area contributed by atoms with E-state index in [1.165, 1.54) is 0 Å². The minimum Gasteiger partial charge on any atom is -0.355 e. The van der Waals surface area contributed by atoms with Crippen LogP contribution in [0.3, 0.4) is 0 Å². The SMILES string of the molecule is O=c1ccc(-n2cccn2)nn1CC1CCN(c2nncc3ccccc23)CC1. The van der Waals surface area contributed by atoms with Crippen LogP contribution < -0.4 is 10.5 Å². The van der Waals surface area contributed by atoms with E-state index in [2.05, 4.69) is 37.4 Å². The third kappa shape index (κ3) is 3.49. The second-order valence-corrected chi connectivity index (χ2v) is 7.35. The zero-order valence-corrected chi connectivity index (χ0v) is 15.9. The van der Waals surface area contributed by atoms with Crippen LogP contribution in [0.5, 0.6) is 0 Å². The number of hydrogen-bond acceptors (Lipinski definition) is 6. The van der Waals surface area contributed by atoms with Crippen LogP contribution in [0.15, 0.2) is 65.8 Å². The maximum atomic E-state index is 12.3. The van der Waals surface area contributed by atoms with Gasteiger partial charge >= 0.3 is 0 Å². The molecular weight excluding hydrogens is 366 g/mol. The molecule has 0 aliphatic carbocycles. The van der Waals surface area contributed by atoms with Crippen LogP contribution >= 0.6 is 0 Å². The van der Waals surface area contributed by atoms with Gasteiger partial charge < -0.3 is 4.90 Å². The highest BCUT2D eigenvalue weighted by molar-refractivity contribution is 5.91. The zero-order chi connectivity index (χ0) is 19.6. The fourth-order valence-electron chi connectivity index (χ4n) is 3.91. The predicted octanol–water partition coefficient (Wildman–Crippen LogP) is 2.29. The summed E-state index contributed by atoms with van der Waals surface area (Å²) < 4.78 is 3.23. The van der Waals surface area contributed by atoms with Gasteiger partial charge in [0.15, 0.2) is 11.6 Å². The van der Waals surface area contributed by atoms with Crippen LogP contribution in [0.2, 0.25) is 0 Å². The Morgan fingerprint density at radius 3 is 2.72 bits per heavy atom. The minimum atomic E-state index is -0.0803. The third-order valence-electron chi connectivity index (χ3n) is 5.49. The van der Waals surface area contributed by atoms with E-state index in [4.69, 9.17) is 0 Å². The highest BCUT2D eigenvalue weighted by Gasteiger charge is 2.23. The summed E-state index contributed by atoms with van der Waals surface area (Å²) in [5.41, 5.74) is -0.0803. The fraction of sp³-hybridized carbons (Fsp3) is 0.286. The number of aromatic nitrogens is 6. The zero-order valence-electron chi connectivity index (χ0n) is 15.9. The Morgan fingerprint density at radius 1 is 1.03 bits per heavy atom. The molecule has 0 amide bonds. The van der Waals surface area contributed by atoms with Crippen molar-refractivity contribution in [3.8, 4) is 5.82 Å². The minimum absolute atomic E-state index is 0.0803. The number of fused-ring (bicyclic) bond motifs is 1. The first-order valence-corrected chi connectivity index (χ1v) is 9.81. The van der Waals surface area contributed by atoms with Crippen LogP contribution in [-0.2, 0) is 6.54 Å². The van der Waals surface area contributed by atoms with Gasteiger partial charge in [-0.25, -0.2) is 9.36 Å². The summed E-state index contributed by atoms with van der Waals surface area (Å²) in [5, 5.41) is 19.5. The molecule has 5 rings (SSSR count). The molecule has 0 saturated carbocycles. The Bertz CT molecular complexity index is 1170. The van der Waals surface area contributed by atoms with E-state index < -0.39 is 0 Å². The van der Waals surface area contributed by atoms with E-state index >= 15 is 0 Å². The Morgan fingerprint density at radius 2 is 1.90 bits per heavy atom. The summed E-state index contributed by atoms with van der Waals surface area (Å²) in [5.74, 6) is 1.99. The Hall–Kier alpha value is -3.55. The van der Waals surface area contributed by atoms with Crippen LogP contribution in [-0.4, -0.2) is 42.8 Å². The van der Waals surface area contributed by atoms with Gasteiger partial charge in [-0.1, -0.05) is 24.3 Å². The number of anilines is 1. The Labute approximate surface area is 167 Å². The van der Waals surface area contributed by atoms with Gasteiger partial charge in [0.05, 0.1) is 6.20 Å². The quantitative estimate of drug-likeness (QED) is 0.534. The smallest absolute Gasteiger partial charge is 0.266 e. The Kier molecular flexibility index (Phi) is 4.51. The maximum Gasteiger partial charge on any atom is 0.266 e. The summed E-state index contributed by atoms with van der Waals surface area (Å²) in [6.07, 6.45) is 7.27. The number of rotatable bonds is 4. The molecule has 1 fully saturated rings. The molecule has 4 heterocycles. The van der Waals surface area contributed by atoms with Gasteiger partial charge in [-0.15, -0.1) is 10.2 Å². The topological polar surface area (TPSA) is 81.7 Å². The Balaban J connectivity index is 1.30. The van der Waals surface area contributed by atoms with Gasteiger partial charge in [0.25, 0.3) is 5.56 Å². The average Bonchev–Trinajstić information content (AvgIpc) is 3.30. The van der Waals surface area contributed by atoms with Crippen molar-refractivity contribution in [1.29, 1.82) is 0 Å². The molecule has 1 aliphatic rings. The molecule has 0 bridgehead atoms. The highest BCUT2D eigenvalue weighted by atomic mass is 16.1. The van der Waals surface area contributed by atoms with Crippen LogP contribution in [0.1, 0.15) is 12.8 Å². The number of nitrogens with zero attached hydrogens (tertiary/aromatic N) is 7. The van der Waals surface area contributed by atoms with E-state index in [9.17, 15) is 4.79 Å². The second-order valence-electron chi connectivity index (χ2n) is 7.35. The lowest BCUT2D eigenvalue weighted by molar-refractivity contribution is 0.333. The normalized spacial score (nSPS) is 15.1. The maximum absolute atomic E-state index is 12.3. The number of piperidine rings is 1. The predicted molar refractivity (Wildman–Crippen MR) is 110 cm³/mol. The summed E-state index contributed by atoms with van der Waals surface area (Å²) in [6, 6.07) is 13.3. The monoisotopic (exact) mass is 387 g/mol. The first kappa shape index (κ1) is 17.5. The van der Waals surface area contributed by atoms with Gasteiger partial charge in [-0.3, -0.25) is 4.79 Å². The molecule has 0 spiro atoms. The van der Waals surface area contributed by atoms with Crippen molar-refractivity contribution in [2.24, 2.45) is 5.92 Å². The molecule has 4 aromatic rings. The molecule has 0 N–H and O–H groups in total. The number of hydrogen-bond donors (Lipinski definition) is 0. The summed E-state index contributed by atoms with van der Waals surface area (Å²) in [7, 11) is 0. The van der Waals surface area contributed by atoms with Crippen molar-refractivity contribution in [1.82, 2.24) is 29.8 Å². The molecule has 8 nitrogen and oxygen atoms in total. The molecule has 0 radical (unpaired) electrons. The van der Waals surface area contributed by atoms with Crippen molar-refractivity contribution in [3.05, 3.63) is 71.4 Å². The molecule has 8 heteroatoms. The first-order valence-electron chi connectivity index (χ1n) is 9.81. The van der Waals surface area contributed by atoms with Crippen molar-refractivity contribution >= 4 is 16.6 Å². The molecular formula is C21H21N7O. The van der Waals surface area contributed by atoms with Crippen LogP contribution in [0.25, 0.3) is 16.6 Å². The van der Waals surface area contributed by atoms with Gasteiger partial charge in [0.2, 0.25) is 0 Å². The summed E-state index contributed by atoms with van der Waals surface area (Å²) >= 11 is 0. The second kappa shape index (κ2) is 7.46. The van der Waals surface area contributed by atoms with E-state index in [0.29, 0.717) is 18.3 Å². The molecule has 0 unspecified atom stereocenters.